The van der Waals surface area contributed by atoms with Crippen LogP contribution in [0.5, 0.6) is 5.75 Å². The third kappa shape index (κ3) is 3.72. The molecule has 0 radical (unpaired) electrons. The van der Waals surface area contributed by atoms with Gasteiger partial charge in [0, 0.05) is 31.6 Å². The average molecular weight is 334 g/mol. The normalized spacial score (nSPS) is 24.5. The van der Waals surface area contributed by atoms with E-state index >= 15 is 0 Å². The lowest BCUT2D eigenvalue weighted by Gasteiger charge is -2.35. The monoisotopic (exact) mass is 334 g/mol. The first-order valence-corrected chi connectivity index (χ1v) is 9.11. The molecule has 2 aliphatic rings. The van der Waals surface area contributed by atoms with E-state index in [1.165, 1.54) is 6.07 Å². The number of likely N-dealkylation sites (tertiary alicyclic amines) is 2. The molecular formula is C19H27FN2O2. The van der Waals surface area contributed by atoms with Gasteiger partial charge in [0.1, 0.15) is 6.61 Å². The summed E-state index contributed by atoms with van der Waals surface area (Å²) in [6.07, 6.45) is 5.08. The summed E-state index contributed by atoms with van der Waals surface area (Å²) in [5.41, 5.74) is 0. The summed E-state index contributed by atoms with van der Waals surface area (Å²) < 4.78 is 19.2. The summed E-state index contributed by atoms with van der Waals surface area (Å²) in [6.45, 7) is 5.13. The van der Waals surface area contributed by atoms with E-state index in [1.54, 1.807) is 18.2 Å². The van der Waals surface area contributed by atoms with Gasteiger partial charge in [0.25, 0.3) is 0 Å². The van der Waals surface area contributed by atoms with Gasteiger partial charge in [-0.3, -0.25) is 9.69 Å². The number of para-hydroxylation sites is 1. The minimum absolute atomic E-state index is 0.270. The predicted molar refractivity (Wildman–Crippen MR) is 91.5 cm³/mol. The van der Waals surface area contributed by atoms with Crippen LogP contribution in [0.25, 0.3) is 0 Å². The molecule has 5 heteroatoms. The number of halogens is 1. The molecule has 1 amide bonds. The number of ether oxygens (including phenoxy) is 1. The molecule has 2 heterocycles. The summed E-state index contributed by atoms with van der Waals surface area (Å²) in [4.78, 5) is 16.7. The molecule has 3 rings (SSSR count). The second-order valence-corrected chi connectivity index (χ2v) is 6.67. The van der Waals surface area contributed by atoms with Crippen molar-refractivity contribution in [1.29, 1.82) is 0 Å². The molecule has 0 spiro atoms. The number of rotatable bonds is 6. The number of nitrogens with zero attached hydrogens (tertiary/aromatic N) is 2. The molecule has 2 aliphatic heterocycles. The maximum Gasteiger partial charge on any atom is 0.222 e. The Bertz CT molecular complexity index is 566. The number of carbonyl (C=O) groups is 1. The van der Waals surface area contributed by atoms with E-state index in [1.807, 2.05) is 6.92 Å². The first kappa shape index (κ1) is 17.2. The lowest BCUT2D eigenvalue weighted by Crippen LogP contribution is -2.49. The van der Waals surface area contributed by atoms with Crippen molar-refractivity contribution in [3.05, 3.63) is 30.1 Å². The van der Waals surface area contributed by atoms with Crippen molar-refractivity contribution in [2.45, 2.75) is 51.1 Å². The van der Waals surface area contributed by atoms with Crippen LogP contribution in [0.2, 0.25) is 0 Å². The van der Waals surface area contributed by atoms with Crippen LogP contribution in [-0.4, -0.2) is 54.0 Å². The van der Waals surface area contributed by atoms with Crippen molar-refractivity contribution < 1.29 is 13.9 Å². The number of hydrogen-bond acceptors (Lipinski definition) is 3. The number of benzene rings is 1. The molecule has 0 saturated carbocycles. The maximum absolute atomic E-state index is 13.6. The van der Waals surface area contributed by atoms with Crippen LogP contribution in [0.1, 0.15) is 39.0 Å². The van der Waals surface area contributed by atoms with Gasteiger partial charge in [-0.25, -0.2) is 4.39 Å². The topological polar surface area (TPSA) is 32.8 Å². The minimum atomic E-state index is -0.314. The van der Waals surface area contributed by atoms with Gasteiger partial charge in [-0.05, 0) is 44.4 Å². The standard InChI is InChI=1S/C19H27FN2O2/c1-2-19(23)22-12-6-9-17(22)16-8-5-11-21(16)13-14-24-18-10-4-3-7-15(18)20/h3-4,7,10,16-17H,2,5-6,8-9,11-14H2,1H3/t16-,17+/m0/s1. The SMILES string of the molecule is CCC(=O)N1CCC[C@@H]1[C@@H]1CCCN1CCOc1ccccc1F. The number of hydrogen-bond donors (Lipinski definition) is 0. The average Bonchev–Trinajstić information content (AvgIpc) is 3.24. The second kappa shape index (κ2) is 7.97. The van der Waals surface area contributed by atoms with E-state index in [9.17, 15) is 9.18 Å². The Balaban J connectivity index is 1.55. The van der Waals surface area contributed by atoms with E-state index in [4.69, 9.17) is 4.74 Å². The van der Waals surface area contributed by atoms with Gasteiger partial charge in [0.2, 0.25) is 5.91 Å². The maximum atomic E-state index is 13.6. The van der Waals surface area contributed by atoms with Crippen LogP contribution < -0.4 is 4.74 Å². The van der Waals surface area contributed by atoms with Gasteiger partial charge in [0.15, 0.2) is 11.6 Å². The molecule has 0 aliphatic carbocycles. The molecule has 0 N–H and O–H groups in total. The molecule has 2 atom stereocenters. The molecule has 24 heavy (non-hydrogen) atoms. The van der Waals surface area contributed by atoms with Gasteiger partial charge < -0.3 is 9.64 Å². The van der Waals surface area contributed by atoms with Crippen LogP contribution in [0.15, 0.2) is 24.3 Å². The molecule has 1 aromatic rings. The fraction of sp³-hybridized carbons (Fsp3) is 0.632. The molecule has 132 valence electrons. The lowest BCUT2D eigenvalue weighted by atomic mass is 10.0. The zero-order valence-electron chi connectivity index (χ0n) is 14.4. The minimum Gasteiger partial charge on any atom is -0.489 e. The van der Waals surface area contributed by atoms with Crippen molar-refractivity contribution in [2.75, 3.05) is 26.2 Å². The van der Waals surface area contributed by atoms with Crippen LogP contribution in [0.4, 0.5) is 4.39 Å². The summed E-state index contributed by atoms with van der Waals surface area (Å²) >= 11 is 0. The largest absolute Gasteiger partial charge is 0.489 e. The second-order valence-electron chi connectivity index (χ2n) is 6.67. The number of amides is 1. The van der Waals surface area contributed by atoms with E-state index in [2.05, 4.69) is 9.80 Å². The Morgan fingerprint density at radius 1 is 1.21 bits per heavy atom. The van der Waals surface area contributed by atoms with Crippen LogP contribution >= 0.6 is 0 Å². The van der Waals surface area contributed by atoms with Crippen molar-refractivity contribution >= 4 is 5.91 Å². The third-order valence-electron chi connectivity index (χ3n) is 5.25. The highest BCUT2D eigenvalue weighted by molar-refractivity contribution is 5.76. The molecule has 2 saturated heterocycles. The highest BCUT2D eigenvalue weighted by Gasteiger charge is 2.38. The van der Waals surface area contributed by atoms with Crippen LogP contribution in [0, 0.1) is 5.82 Å². The Morgan fingerprint density at radius 2 is 1.96 bits per heavy atom. The Morgan fingerprint density at radius 3 is 2.75 bits per heavy atom. The molecule has 0 unspecified atom stereocenters. The van der Waals surface area contributed by atoms with Crippen LogP contribution in [0.3, 0.4) is 0 Å². The zero-order chi connectivity index (χ0) is 16.9. The van der Waals surface area contributed by atoms with Gasteiger partial charge >= 0.3 is 0 Å². The van der Waals surface area contributed by atoms with Crippen molar-refractivity contribution in [2.24, 2.45) is 0 Å². The molecular weight excluding hydrogens is 307 g/mol. The summed E-state index contributed by atoms with van der Waals surface area (Å²) in [5.74, 6) is 0.273. The van der Waals surface area contributed by atoms with Crippen LogP contribution in [-0.2, 0) is 4.79 Å². The first-order chi connectivity index (χ1) is 11.7. The highest BCUT2D eigenvalue weighted by Crippen LogP contribution is 2.30. The van der Waals surface area contributed by atoms with Gasteiger partial charge in [-0.15, -0.1) is 0 Å². The smallest absolute Gasteiger partial charge is 0.222 e. The summed E-state index contributed by atoms with van der Waals surface area (Å²) in [6, 6.07) is 7.29. The van der Waals surface area contributed by atoms with Gasteiger partial charge in [0.05, 0.1) is 0 Å². The fourth-order valence-electron chi connectivity index (χ4n) is 4.11. The molecule has 2 fully saturated rings. The van der Waals surface area contributed by atoms with Gasteiger partial charge in [-0.2, -0.15) is 0 Å². The quantitative estimate of drug-likeness (QED) is 0.801. The Hall–Kier alpha value is -1.62. The first-order valence-electron chi connectivity index (χ1n) is 9.11. The molecule has 1 aromatic carbocycles. The fourth-order valence-corrected chi connectivity index (χ4v) is 4.11. The van der Waals surface area contributed by atoms with E-state index < -0.39 is 0 Å². The number of carbonyl (C=O) groups excluding carboxylic acids is 1. The van der Waals surface area contributed by atoms with E-state index in [-0.39, 0.29) is 11.7 Å². The highest BCUT2D eigenvalue weighted by atomic mass is 19.1. The zero-order valence-corrected chi connectivity index (χ0v) is 14.4. The van der Waals surface area contributed by atoms with Gasteiger partial charge in [-0.1, -0.05) is 19.1 Å². The molecule has 4 nitrogen and oxygen atoms in total. The summed E-state index contributed by atoms with van der Waals surface area (Å²) in [5, 5.41) is 0. The van der Waals surface area contributed by atoms with E-state index in [0.29, 0.717) is 30.9 Å². The Kier molecular flexibility index (Phi) is 5.72. The lowest BCUT2D eigenvalue weighted by molar-refractivity contribution is -0.132. The molecule has 0 aromatic heterocycles. The van der Waals surface area contributed by atoms with E-state index in [0.717, 1.165) is 45.3 Å². The predicted octanol–water partition coefficient (Wildman–Crippen LogP) is 3.07. The summed E-state index contributed by atoms with van der Waals surface area (Å²) in [7, 11) is 0. The molecule has 0 bridgehead atoms. The van der Waals surface area contributed by atoms with Crippen molar-refractivity contribution in [3.63, 3.8) is 0 Å². The van der Waals surface area contributed by atoms with Crippen molar-refractivity contribution in [3.8, 4) is 5.75 Å². The van der Waals surface area contributed by atoms with Crippen molar-refractivity contribution in [1.82, 2.24) is 9.80 Å². The Labute approximate surface area is 143 Å². The third-order valence-corrected chi connectivity index (χ3v) is 5.25.